The van der Waals surface area contributed by atoms with Crippen LogP contribution in [0.3, 0.4) is 0 Å². The molecule has 1 aromatic carbocycles. The number of hydrogen-bond acceptors (Lipinski definition) is 1. The largest absolute Gasteiger partial charge is 0.322 e. The van der Waals surface area contributed by atoms with E-state index in [1.54, 1.807) is 0 Å². The molecule has 2 nitrogen and oxygen atoms in total. The van der Waals surface area contributed by atoms with Crippen LogP contribution in [0.1, 0.15) is 24.7 Å². The molecule has 1 aliphatic rings. The van der Waals surface area contributed by atoms with Gasteiger partial charge in [-0.1, -0.05) is 36.8 Å². The van der Waals surface area contributed by atoms with E-state index < -0.39 is 0 Å². The van der Waals surface area contributed by atoms with Crippen molar-refractivity contribution >= 4 is 15.9 Å². The smallest absolute Gasteiger partial charge is 0.113 e. The molecule has 0 saturated heterocycles. The molecule has 1 aliphatic heterocycles. The van der Waals surface area contributed by atoms with Crippen molar-refractivity contribution in [2.75, 3.05) is 0 Å². The van der Waals surface area contributed by atoms with Crippen LogP contribution in [0.4, 0.5) is 0 Å². The summed E-state index contributed by atoms with van der Waals surface area (Å²) in [6.45, 7) is 5.49. The molecule has 18 heavy (non-hydrogen) atoms. The Hall–Kier alpha value is -1.09. The van der Waals surface area contributed by atoms with Crippen LogP contribution in [0.5, 0.6) is 0 Å². The number of benzene rings is 1. The van der Waals surface area contributed by atoms with Gasteiger partial charge in [-0.05, 0) is 35.2 Å². The molecule has 0 fully saturated rings. The first-order valence-electron chi connectivity index (χ1n) is 6.47. The average Bonchev–Trinajstić information content (AvgIpc) is 2.67. The number of fused-ring (bicyclic) bond motifs is 1. The Morgan fingerprint density at radius 2 is 2.00 bits per heavy atom. The van der Waals surface area contributed by atoms with E-state index in [0.29, 0.717) is 0 Å². The lowest BCUT2D eigenvalue weighted by Crippen LogP contribution is -2.17. The minimum Gasteiger partial charge on any atom is -0.322 e. The lowest BCUT2D eigenvalue weighted by atomic mass is 10.0. The van der Waals surface area contributed by atoms with Gasteiger partial charge < -0.3 is 4.57 Å². The molecule has 1 aromatic heterocycles. The summed E-state index contributed by atoms with van der Waals surface area (Å²) in [6.07, 6.45) is 2.33. The van der Waals surface area contributed by atoms with Crippen molar-refractivity contribution in [1.29, 1.82) is 0 Å². The topological polar surface area (TPSA) is 17.8 Å². The fourth-order valence-corrected chi connectivity index (χ4v) is 3.22. The minimum absolute atomic E-state index is 0.748. The van der Waals surface area contributed by atoms with Gasteiger partial charge in [0, 0.05) is 18.5 Å². The van der Waals surface area contributed by atoms with E-state index in [0.717, 1.165) is 29.2 Å². The number of rotatable bonds is 1. The Morgan fingerprint density at radius 1 is 1.28 bits per heavy atom. The van der Waals surface area contributed by atoms with Crippen molar-refractivity contribution < 1.29 is 0 Å². The van der Waals surface area contributed by atoms with Gasteiger partial charge in [0.25, 0.3) is 0 Å². The van der Waals surface area contributed by atoms with E-state index in [1.165, 1.54) is 23.4 Å². The van der Waals surface area contributed by atoms with Crippen molar-refractivity contribution in [2.45, 2.75) is 33.2 Å². The zero-order chi connectivity index (χ0) is 12.7. The summed E-state index contributed by atoms with van der Waals surface area (Å²) in [5, 5.41) is 0. The number of imidazole rings is 1. The highest BCUT2D eigenvalue weighted by molar-refractivity contribution is 9.10. The Balaban J connectivity index is 2.06. The lowest BCUT2D eigenvalue weighted by Gasteiger charge is -2.19. The number of aromatic nitrogens is 2. The first-order chi connectivity index (χ1) is 8.65. The Bertz CT molecular complexity index is 569. The predicted octanol–water partition coefficient (Wildman–Crippen LogP) is 4.20. The number of hydrogen-bond donors (Lipinski definition) is 0. The Kier molecular flexibility index (Phi) is 3.02. The standard InChI is InChI=1S/C15H17BrN2/c1-10-3-5-12(6-4-10)14-15(16)18-8-7-11(2)9-13(18)17-14/h3-6,11H,7-9H2,1-2H3. The molecule has 1 atom stereocenters. The summed E-state index contributed by atoms with van der Waals surface area (Å²) in [5.74, 6) is 1.97. The van der Waals surface area contributed by atoms with Gasteiger partial charge in [0.05, 0.1) is 0 Å². The maximum absolute atomic E-state index is 4.82. The van der Waals surface area contributed by atoms with Crippen LogP contribution in [-0.2, 0) is 13.0 Å². The molecule has 2 heterocycles. The van der Waals surface area contributed by atoms with Gasteiger partial charge in [-0.3, -0.25) is 0 Å². The third-order valence-corrected chi connectivity index (χ3v) is 4.49. The van der Waals surface area contributed by atoms with Gasteiger partial charge >= 0.3 is 0 Å². The first kappa shape index (κ1) is 12.0. The molecule has 0 radical (unpaired) electrons. The van der Waals surface area contributed by atoms with Crippen LogP contribution in [0, 0.1) is 12.8 Å². The molecular formula is C15H17BrN2. The van der Waals surface area contributed by atoms with Gasteiger partial charge in [-0.2, -0.15) is 0 Å². The van der Waals surface area contributed by atoms with Gasteiger partial charge in [0.15, 0.2) is 0 Å². The van der Waals surface area contributed by atoms with E-state index >= 15 is 0 Å². The fourth-order valence-electron chi connectivity index (χ4n) is 2.52. The molecule has 0 saturated carbocycles. The molecule has 1 unspecified atom stereocenters. The van der Waals surface area contributed by atoms with Crippen molar-refractivity contribution in [3.63, 3.8) is 0 Å². The highest BCUT2D eigenvalue weighted by atomic mass is 79.9. The Labute approximate surface area is 116 Å². The predicted molar refractivity (Wildman–Crippen MR) is 77.6 cm³/mol. The van der Waals surface area contributed by atoms with Gasteiger partial charge in [0.1, 0.15) is 16.1 Å². The van der Waals surface area contributed by atoms with Crippen molar-refractivity contribution in [2.24, 2.45) is 5.92 Å². The quantitative estimate of drug-likeness (QED) is 0.772. The second-order valence-corrected chi connectivity index (χ2v) is 6.03. The third-order valence-electron chi connectivity index (χ3n) is 3.69. The van der Waals surface area contributed by atoms with Crippen LogP contribution in [0.15, 0.2) is 28.9 Å². The van der Waals surface area contributed by atoms with Crippen LogP contribution in [0.2, 0.25) is 0 Å². The van der Waals surface area contributed by atoms with Crippen LogP contribution in [-0.4, -0.2) is 9.55 Å². The second kappa shape index (κ2) is 4.54. The molecule has 0 aliphatic carbocycles. The van der Waals surface area contributed by atoms with E-state index in [9.17, 15) is 0 Å². The van der Waals surface area contributed by atoms with Crippen LogP contribution in [0.25, 0.3) is 11.3 Å². The molecule has 0 bridgehead atoms. The maximum Gasteiger partial charge on any atom is 0.113 e. The highest BCUT2D eigenvalue weighted by Crippen LogP contribution is 2.32. The van der Waals surface area contributed by atoms with Crippen LogP contribution < -0.4 is 0 Å². The zero-order valence-electron chi connectivity index (χ0n) is 10.8. The first-order valence-corrected chi connectivity index (χ1v) is 7.26. The lowest BCUT2D eigenvalue weighted by molar-refractivity contribution is 0.406. The zero-order valence-corrected chi connectivity index (χ0v) is 12.4. The van der Waals surface area contributed by atoms with Gasteiger partial charge in [-0.15, -0.1) is 0 Å². The van der Waals surface area contributed by atoms with Crippen molar-refractivity contribution in [3.05, 3.63) is 40.3 Å². The number of nitrogens with zero attached hydrogens (tertiary/aromatic N) is 2. The highest BCUT2D eigenvalue weighted by Gasteiger charge is 2.22. The van der Waals surface area contributed by atoms with Crippen molar-refractivity contribution in [1.82, 2.24) is 9.55 Å². The Morgan fingerprint density at radius 3 is 2.72 bits per heavy atom. The van der Waals surface area contributed by atoms with Gasteiger partial charge in [0.2, 0.25) is 0 Å². The second-order valence-electron chi connectivity index (χ2n) is 5.28. The number of halogens is 1. The van der Waals surface area contributed by atoms with E-state index in [4.69, 9.17) is 4.98 Å². The molecule has 0 N–H and O–H groups in total. The van der Waals surface area contributed by atoms with Crippen LogP contribution >= 0.6 is 15.9 Å². The van der Waals surface area contributed by atoms with E-state index in [2.05, 4.69) is 58.6 Å². The molecule has 0 spiro atoms. The number of aryl methyl sites for hydroxylation is 1. The van der Waals surface area contributed by atoms with E-state index in [-0.39, 0.29) is 0 Å². The van der Waals surface area contributed by atoms with E-state index in [1.807, 2.05) is 0 Å². The summed E-state index contributed by atoms with van der Waals surface area (Å²) < 4.78 is 3.45. The molecule has 0 amide bonds. The molecule has 3 rings (SSSR count). The fraction of sp³-hybridized carbons (Fsp3) is 0.400. The maximum atomic E-state index is 4.82. The average molecular weight is 305 g/mol. The monoisotopic (exact) mass is 304 g/mol. The molecule has 94 valence electrons. The summed E-state index contributed by atoms with van der Waals surface area (Å²) in [6, 6.07) is 8.58. The third kappa shape index (κ3) is 2.01. The SMILES string of the molecule is Cc1ccc(-c2nc3n(c2Br)CCC(C)C3)cc1. The summed E-state index contributed by atoms with van der Waals surface area (Å²) in [4.78, 5) is 4.82. The normalized spacial score (nSPS) is 18.7. The summed E-state index contributed by atoms with van der Waals surface area (Å²) >= 11 is 3.71. The summed E-state index contributed by atoms with van der Waals surface area (Å²) in [5.41, 5.74) is 3.56. The minimum atomic E-state index is 0.748. The molecular weight excluding hydrogens is 288 g/mol. The molecule has 2 aromatic rings. The van der Waals surface area contributed by atoms with Crippen molar-refractivity contribution in [3.8, 4) is 11.3 Å². The van der Waals surface area contributed by atoms with Gasteiger partial charge in [-0.25, -0.2) is 4.98 Å². The summed E-state index contributed by atoms with van der Waals surface area (Å²) in [7, 11) is 0. The molecule has 3 heteroatoms.